The van der Waals surface area contributed by atoms with E-state index >= 15 is 0 Å². The van der Waals surface area contributed by atoms with Crippen LogP contribution in [0.1, 0.15) is 34.4 Å². The minimum Gasteiger partial charge on any atom is -0.493 e. The van der Waals surface area contributed by atoms with Crippen LogP contribution in [0.15, 0.2) is 33.8 Å². The zero-order chi connectivity index (χ0) is 17.7. The Morgan fingerprint density at radius 3 is 2.46 bits per heavy atom. The summed E-state index contributed by atoms with van der Waals surface area (Å²) < 4.78 is 15.9. The quantitative estimate of drug-likeness (QED) is 0.652. The maximum Gasteiger partial charge on any atom is 0.274 e. The number of hydrazone groups is 1. The highest BCUT2D eigenvalue weighted by Crippen LogP contribution is 2.27. The van der Waals surface area contributed by atoms with Crippen LogP contribution in [-0.2, 0) is 6.42 Å². The fourth-order valence-electron chi connectivity index (χ4n) is 2.39. The van der Waals surface area contributed by atoms with E-state index in [1.165, 1.54) is 0 Å². The molecule has 1 aromatic heterocycles. The Morgan fingerprint density at radius 2 is 1.88 bits per heavy atom. The number of methoxy groups -OCH3 is 2. The largest absolute Gasteiger partial charge is 0.493 e. The molecule has 0 spiro atoms. The molecule has 0 saturated heterocycles. The van der Waals surface area contributed by atoms with Crippen LogP contribution in [0.3, 0.4) is 0 Å². The molecule has 0 bridgehead atoms. The van der Waals surface area contributed by atoms with Crippen LogP contribution in [0.4, 0.5) is 0 Å². The molecule has 1 N–H and O–H groups in total. The summed E-state index contributed by atoms with van der Waals surface area (Å²) in [6.45, 7) is 5.40. The van der Waals surface area contributed by atoms with Gasteiger partial charge in [0.1, 0.15) is 11.5 Å². The minimum atomic E-state index is -0.281. The standard InChI is InChI=1S/C18H22N2O4/c1-11(8-14-6-7-16(22-4)17(10-14)23-5)19-20-18(21)15-9-12(2)24-13(15)3/h6-7,9-10H,8H2,1-5H3,(H,20,21)/b19-11-. The topological polar surface area (TPSA) is 73.1 Å². The molecule has 1 amide bonds. The number of hydrogen-bond acceptors (Lipinski definition) is 5. The number of rotatable bonds is 6. The number of carbonyl (C=O) groups excluding carboxylic acids is 1. The molecule has 0 saturated carbocycles. The number of benzene rings is 1. The molecule has 1 aromatic carbocycles. The summed E-state index contributed by atoms with van der Waals surface area (Å²) in [4.78, 5) is 12.1. The first-order valence-electron chi connectivity index (χ1n) is 7.56. The maximum absolute atomic E-state index is 12.1. The van der Waals surface area contributed by atoms with Crippen molar-refractivity contribution in [3.63, 3.8) is 0 Å². The molecular weight excluding hydrogens is 308 g/mol. The van der Waals surface area contributed by atoms with Crippen LogP contribution in [0.25, 0.3) is 0 Å². The van der Waals surface area contributed by atoms with Crippen molar-refractivity contribution in [2.24, 2.45) is 5.10 Å². The molecule has 128 valence electrons. The van der Waals surface area contributed by atoms with Crippen molar-refractivity contribution in [3.8, 4) is 11.5 Å². The third kappa shape index (κ3) is 4.16. The number of ether oxygens (including phenoxy) is 2. The Hall–Kier alpha value is -2.76. The van der Waals surface area contributed by atoms with Gasteiger partial charge in [-0.2, -0.15) is 5.10 Å². The van der Waals surface area contributed by atoms with E-state index < -0.39 is 0 Å². The van der Waals surface area contributed by atoms with Crippen molar-refractivity contribution in [1.82, 2.24) is 5.43 Å². The second-order valence-electron chi connectivity index (χ2n) is 5.48. The molecule has 6 heteroatoms. The monoisotopic (exact) mass is 330 g/mol. The Balaban J connectivity index is 2.04. The molecule has 0 unspecified atom stereocenters. The minimum absolute atomic E-state index is 0.281. The average molecular weight is 330 g/mol. The van der Waals surface area contributed by atoms with Crippen LogP contribution in [0.2, 0.25) is 0 Å². The van der Waals surface area contributed by atoms with E-state index in [1.807, 2.05) is 25.1 Å². The molecule has 2 rings (SSSR count). The van der Waals surface area contributed by atoms with Gasteiger partial charge in [0.05, 0.1) is 19.8 Å². The van der Waals surface area contributed by atoms with Gasteiger partial charge >= 0.3 is 0 Å². The zero-order valence-electron chi connectivity index (χ0n) is 14.6. The van der Waals surface area contributed by atoms with E-state index in [-0.39, 0.29) is 5.91 Å². The van der Waals surface area contributed by atoms with Gasteiger partial charge in [-0.05, 0) is 44.5 Å². The molecule has 0 aliphatic heterocycles. The lowest BCUT2D eigenvalue weighted by Crippen LogP contribution is -2.19. The number of furan rings is 1. The van der Waals surface area contributed by atoms with Crippen LogP contribution >= 0.6 is 0 Å². The Morgan fingerprint density at radius 1 is 1.17 bits per heavy atom. The summed E-state index contributed by atoms with van der Waals surface area (Å²) in [7, 11) is 3.19. The molecule has 1 heterocycles. The third-order valence-electron chi connectivity index (χ3n) is 3.54. The number of nitrogens with zero attached hydrogens (tertiary/aromatic N) is 1. The average Bonchev–Trinajstić information content (AvgIpc) is 2.91. The van der Waals surface area contributed by atoms with Gasteiger partial charge in [-0.1, -0.05) is 6.07 Å². The lowest BCUT2D eigenvalue weighted by Gasteiger charge is -2.09. The highest BCUT2D eigenvalue weighted by molar-refractivity contribution is 5.96. The Bertz CT molecular complexity index is 762. The van der Waals surface area contributed by atoms with Gasteiger partial charge in [0, 0.05) is 12.1 Å². The van der Waals surface area contributed by atoms with Crippen molar-refractivity contribution < 1.29 is 18.7 Å². The maximum atomic E-state index is 12.1. The van der Waals surface area contributed by atoms with E-state index in [0.29, 0.717) is 35.0 Å². The van der Waals surface area contributed by atoms with E-state index in [0.717, 1.165) is 11.3 Å². The van der Waals surface area contributed by atoms with Crippen molar-refractivity contribution in [2.75, 3.05) is 14.2 Å². The second-order valence-corrected chi connectivity index (χ2v) is 5.48. The first-order chi connectivity index (χ1) is 11.4. The van der Waals surface area contributed by atoms with E-state index in [2.05, 4.69) is 10.5 Å². The van der Waals surface area contributed by atoms with Crippen molar-refractivity contribution in [1.29, 1.82) is 0 Å². The number of nitrogens with one attached hydrogen (secondary N) is 1. The predicted molar refractivity (Wildman–Crippen MR) is 92.0 cm³/mol. The zero-order valence-corrected chi connectivity index (χ0v) is 14.6. The summed E-state index contributed by atoms with van der Waals surface area (Å²) in [6, 6.07) is 7.37. The number of carbonyl (C=O) groups is 1. The van der Waals surface area contributed by atoms with E-state index in [1.54, 1.807) is 34.1 Å². The van der Waals surface area contributed by atoms with E-state index in [4.69, 9.17) is 13.9 Å². The molecule has 0 fully saturated rings. The van der Waals surface area contributed by atoms with Crippen LogP contribution < -0.4 is 14.9 Å². The highest BCUT2D eigenvalue weighted by Gasteiger charge is 2.13. The number of amides is 1. The molecule has 6 nitrogen and oxygen atoms in total. The van der Waals surface area contributed by atoms with Gasteiger partial charge in [0.25, 0.3) is 5.91 Å². The van der Waals surface area contributed by atoms with Gasteiger partial charge in [-0.25, -0.2) is 5.43 Å². The SMILES string of the molecule is COc1ccc(C/C(C)=N\NC(=O)c2cc(C)oc2C)cc1OC. The van der Waals surface area contributed by atoms with Crippen molar-refractivity contribution in [2.45, 2.75) is 27.2 Å². The normalized spacial score (nSPS) is 11.3. The summed E-state index contributed by atoms with van der Waals surface area (Å²) >= 11 is 0. The van der Waals surface area contributed by atoms with Gasteiger partial charge in [0.2, 0.25) is 0 Å². The fourth-order valence-corrected chi connectivity index (χ4v) is 2.39. The Labute approximate surface area is 141 Å². The lowest BCUT2D eigenvalue weighted by molar-refractivity contribution is 0.0953. The Kier molecular flexibility index (Phi) is 5.63. The summed E-state index contributed by atoms with van der Waals surface area (Å²) in [6.07, 6.45) is 0.587. The van der Waals surface area contributed by atoms with Crippen LogP contribution in [-0.4, -0.2) is 25.8 Å². The third-order valence-corrected chi connectivity index (χ3v) is 3.54. The molecule has 0 atom stereocenters. The molecule has 0 aliphatic carbocycles. The fraction of sp³-hybridized carbons (Fsp3) is 0.333. The van der Waals surface area contributed by atoms with Gasteiger partial charge in [-0.15, -0.1) is 0 Å². The van der Waals surface area contributed by atoms with Gasteiger partial charge in [0.15, 0.2) is 11.5 Å². The highest BCUT2D eigenvalue weighted by atomic mass is 16.5. The lowest BCUT2D eigenvalue weighted by atomic mass is 10.1. The van der Waals surface area contributed by atoms with Crippen LogP contribution in [0, 0.1) is 13.8 Å². The van der Waals surface area contributed by atoms with Gasteiger partial charge < -0.3 is 13.9 Å². The molecular formula is C18H22N2O4. The van der Waals surface area contributed by atoms with Crippen molar-refractivity contribution in [3.05, 3.63) is 46.9 Å². The predicted octanol–water partition coefficient (Wildman–Crippen LogP) is 3.26. The van der Waals surface area contributed by atoms with Gasteiger partial charge in [-0.3, -0.25) is 4.79 Å². The first kappa shape index (κ1) is 17.6. The molecule has 24 heavy (non-hydrogen) atoms. The van der Waals surface area contributed by atoms with E-state index in [9.17, 15) is 4.79 Å². The molecule has 2 aromatic rings. The number of aryl methyl sites for hydroxylation is 2. The first-order valence-corrected chi connectivity index (χ1v) is 7.56. The smallest absolute Gasteiger partial charge is 0.274 e. The summed E-state index contributed by atoms with van der Waals surface area (Å²) in [5.74, 6) is 2.34. The second kappa shape index (κ2) is 7.68. The molecule has 0 aliphatic rings. The summed E-state index contributed by atoms with van der Waals surface area (Å²) in [5, 5.41) is 4.15. The molecule has 0 radical (unpaired) electrons. The van der Waals surface area contributed by atoms with Crippen LogP contribution in [0.5, 0.6) is 11.5 Å². The van der Waals surface area contributed by atoms with Crippen molar-refractivity contribution >= 4 is 11.6 Å². The number of hydrogen-bond donors (Lipinski definition) is 1. The summed E-state index contributed by atoms with van der Waals surface area (Å²) in [5.41, 5.74) is 4.84.